The molecule has 0 spiro atoms. The summed E-state index contributed by atoms with van der Waals surface area (Å²) in [5.74, 6) is 2.50. The van der Waals surface area contributed by atoms with Gasteiger partial charge in [-0.05, 0) is 78.2 Å². The molecule has 1 aromatic rings. The molecule has 0 bridgehead atoms. The van der Waals surface area contributed by atoms with Gasteiger partial charge in [-0.3, -0.25) is 4.79 Å². The average Bonchev–Trinajstić information content (AvgIpc) is 3.22. The Morgan fingerprint density at radius 1 is 1.12 bits per heavy atom. The van der Waals surface area contributed by atoms with Crippen LogP contribution in [-0.4, -0.2) is 26.0 Å². The largest absolute Gasteiger partial charge is 0.295 e. The maximum absolute atomic E-state index is 11.9. The van der Waals surface area contributed by atoms with Crippen LogP contribution in [0.25, 0.3) is 5.70 Å². The summed E-state index contributed by atoms with van der Waals surface area (Å²) < 4.78 is 1.88. The molecule has 0 saturated heterocycles. The second-order valence-electron chi connectivity index (χ2n) is 9.00. The van der Waals surface area contributed by atoms with Gasteiger partial charge in [0.25, 0.3) is 0 Å². The van der Waals surface area contributed by atoms with Crippen LogP contribution < -0.4 is 0 Å². The van der Waals surface area contributed by atoms with Crippen molar-refractivity contribution in [2.24, 2.45) is 28.6 Å². The third-order valence-corrected chi connectivity index (χ3v) is 8.10. The first kappa shape index (κ1) is 15.5. The number of carbonyl (C=O) groups is 1. The number of fused-ring (bicyclic) bond motifs is 5. The van der Waals surface area contributed by atoms with Gasteiger partial charge < -0.3 is 0 Å². The molecule has 5 nitrogen and oxygen atoms in total. The number of carbonyl (C=O) groups excluding carboxylic acids is 1. The first-order valence-corrected chi connectivity index (χ1v) is 9.70. The molecule has 4 aliphatic rings. The summed E-state index contributed by atoms with van der Waals surface area (Å²) in [5.41, 5.74) is 3.17. The molecule has 5 heteroatoms. The minimum Gasteiger partial charge on any atom is -0.295 e. The number of rotatable bonds is 1. The van der Waals surface area contributed by atoms with E-state index in [0.29, 0.717) is 11.7 Å². The molecule has 5 atom stereocenters. The Morgan fingerprint density at radius 2 is 2.00 bits per heavy atom. The molecule has 2 saturated carbocycles. The Kier molecular flexibility index (Phi) is 3.17. The summed E-state index contributed by atoms with van der Waals surface area (Å²) in [7, 11) is 0. The van der Waals surface area contributed by atoms with E-state index in [-0.39, 0.29) is 10.8 Å². The molecular formula is C20H26N4O. The first-order valence-electron chi connectivity index (χ1n) is 9.70. The summed E-state index contributed by atoms with van der Waals surface area (Å²) in [6.07, 6.45) is 13.8. The maximum atomic E-state index is 11.9. The van der Waals surface area contributed by atoms with E-state index in [0.717, 1.165) is 37.5 Å². The highest BCUT2D eigenvalue weighted by Gasteiger charge is 2.57. The van der Waals surface area contributed by atoms with Gasteiger partial charge in [-0.15, -0.1) is 5.10 Å². The molecule has 3 unspecified atom stereocenters. The standard InChI is InChI=1S/C20H26N4O/c1-19-9-7-14(25)11-13(19)3-4-15-16-5-6-18(24-12-21-22-23-24)20(16,2)10-8-17(15)19/h6,11-12,15-17H,3-5,7-10H2,1-2H3/t15?,16?,17?,19-,20-/m0/s1. The van der Waals surface area contributed by atoms with Gasteiger partial charge in [0.2, 0.25) is 0 Å². The lowest BCUT2D eigenvalue weighted by Crippen LogP contribution is -2.50. The lowest BCUT2D eigenvalue weighted by molar-refractivity contribution is -0.117. The Hall–Kier alpha value is -1.78. The molecular weight excluding hydrogens is 312 g/mol. The molecule has 0 radical (unpaired) electrons. The van der Waals surface area contributed by atoms with Crippen molar-refractivity contribution in [1.29, 1.82) is 0 Å². The fourth-order valence-electron chi connectivity index (χ4n) is 6.73. The predicted octanol–water partition coefficient (Wildman–Crippen LogP) is 3.66. The third kappa shape index (κ3) is 2.01. The van der Waals surface area contributed by atoms with Crippen LogP contribution in [0.5, 0.6) is 0 Å². The van der Waals surface area contributed by atoms with Crippen LogP contribution >= 0.6 is 0 Å². The molecule has 4 aliphatic carbocycles. The second kappa shape index (κ2) is 5.12. The van der Waals surface area contributed by atoms with Crippen molar-refractivity contribution in [2.75, 3.05) is 0 Å². The van der Waals surface area contributed by atoms with Gasteiger partial charge >= 0.3 is 0 Å². The number of allylic oxidation sites excluding steroid dienone is 4. The van der Waals surface area contributed by atoms with Crippen LogP contribution in [0.1, 0.15) is 58.8 Å². The molecule has 0 aromatic carbocycles. The van der Waals surface area contributed by atoms with Crippen LogP contribution in [0.15, 0.2) is 24.1 Å². The zero-order chi connectivity index (χ0) is 17.2. The highest BCUT2D eigenvalue weighted by atomic mass is 16.1. The van der Waals surface area contributed by atoms with Crippen molar-refractivity contribution in [3.05, 3.63) is 24.1 Å². The van der Waals surface area contributed by atoms with E-state index in [1.54, 1.807) is 6.33 Å². The van der Waals surface area contributed by atoms with Crippen molar-refractivity contribution in [3.63, 3.8) is 0 Å². The van der Waals surface area contributed by atoms with Gasteiger partial charge in [-0.25, -0.2) is 4.68 Å². The second-order valence-corrected chi connectivity index (χ2v) is 9.00. The number of nitrogens with zero attached hydrogens (tertiary/aromatic N) is 4. The quantitative estimate of drug-likeness (QED) is 0.784. The van der Waals surface area contributed by atoms with Crippen molar-refractivity contribution >= 4 is 11.5 Å². The zero-order valence-corrected chi connectivity index (χ0v) is 15.1. The van der Waals surface area contributed by atoms with Gasteiger partial charge in [0.15, 0.2) is 5.78 Å². The molecule has 0 N–H and O–H groups in total. The van der Waals surface area contributed by atoms with Crippen molar-refractivity contribution in [1.82, 2.24) is 20.2 Å². The number of ketones is 1. The van der Waals surface area contributed by atoms with Gasteiger partial charge in [0.1, 0.15) is 6.33 Å². The SMILES string of the molecule is C[C@]12CCC(=O)C=C1CCC1C2CC[C@]2(C)C(n3cnnn3)=CCC12. The van der Waals surface area contributed by atoms with Gasteiger partial charge in [-0.2, -0.15) is 0 Å². The number of tetrazole rings is 1. The fourth-order valence-corrected chi connectivity index (χ4v) is 6.73. The molecule has 25 heavy (non-hydrogen) atoms. The molecule has 132 valence electrons. The normalized spacial score (nSPS) is 43.0. The zero-order valence-electron chi connectivity index (χ0n) is 15.1. The topological polar surface area (TPSA) is 60.7 Å². The van der Waals surface area contributed by atoms with Crippen LogP contribution in [0, 0.1) is 28.6 Å². The first-order chi connectivity index (χ1) is 12.0. The molecule has 5 rings (SSSR count). The van der Waals surface area contributed by atoms with E-state index < -0.39 is 0 Å². The smallest absolute Gasteiger partial charge is 0.155 e. The summed E-state index contributed by atoms with van der Waals surface area (Å²) in [6, 6.07) is 0. The van der Waals surface area contributed by atoms with Crippen molar-refractivity contribution < 1.29 is 4.79 Å². The molecule has 0 amide bonds. The monoisotopic (exact) mass is 338 g/mol. The minimum absolute atomic E-state index is 0.179. The predicted molar refractivity (Wildman–Crippen MR) is 94.2 cm³/mol. The van der Waals surface area contributed by atoms with Gasteiger partial charge in [0.05, 0.1) is 0 Å². The number of hydrogen-bond donors (Lipinski definition) is 0. The Morgan fingerprint density at radius 3 is 2.80 bits per heavy atom. The van der Waals surface area contributed by atoms with Crippen molar-refractivity contribution in [2.45, 2.75) is 58.8 Å². The summed E-state index contributed by atoms with van der Waals surface area (Å²) in [4.78, 5) is 11.9. The third-order valence-electron chi connectivity index (χ3n) is 8.10. The van der Waals surface area contributed by atoms with Crippen molar-refractivity contribution in [3.8, 4) is 0 Å². The van der Waals surface area contributed by atoms with Crippen LogP contribution in [0.4, 0.5) is 0 Å². The summed E-state index contributed by atoms with van der Waals surface area (Å²) >= 11 is 0. The summed E-state index contributed by atoms with van der Waals surface area (Å²) in [5, 5.41) is 11.8. The highest BCUT2D eigenvalue weighted by Crippen LogP contribution is 2.65. The molecule has 0 aliphatic heterocycles. The van der Waals surface area contributed by atoms with E-state index >= 15 is 0 Å². The van der Waals surface area contributed by atoms with Gasteiger partial charge in [-0.1, -0.05) is 25.5 Å². The fraction of sp³-hybridized carbons (Fsp3) is 0.700. The average molecular weight is 338 g/mol. The van der Waals surface area contributed by atoms with E-state index in [4.69, 9.17) is 0 Å². The molecule has 2 fully saturated rings. The highest BCUT2D eigenvalue weighted by molar-refractivity contribution is 5.91. The van der Waals surface area contributed by atoms with Crippen LogP contribution in [0.3, 0.4) is 0 Å². The molecule has 1 heterocycles. The van der Waals surface area contributed by atoms with E-state index in [1.807, 2.05) is 10.8 Å². The summed E-state index contributed by atoms with van der Waals surface area (Å²) in [6.45, 7) is 4.86. The minimum atomic E-state index is 0.179. The van der Waals surface area contributed by atoms with E-state index in [2.05, 4.69) is 35.4 Å². The van der Waals surface area contributed by atoms with Crippen LogP contribution in [-0.2, 0) is 4.79 Å². The lowest BCUT2D eigenvalue weighted by atomic mass is 9.47. The number of hydrogen-bond acceptors (Lipinski definition) is 4. The molecule has 1 aromatic heterocycles. The lowest BCUT2D eigenvalue weighted by Gasteiger charge is -2.57. The Labute approximate surface area is 148 Å². The maximum Gasteiger partial charge on any atom is 0.155 e. The van der Waals surface area contributed by atoms with Crippen LogP contribution in [0.2, 0.25) is 0 Å². The Balaban J connectivity index is 1.49. The Bertz CT molecular complexity index is 780. The number of aromatic nitrogens is 4. The van der Waals surface area contributed by atoms with Gasteiger partial charge in [0, 0.05) is 17.5 Å². The van der Waals surface area contributed by atoms with E-state index in [9.17, 15) is 4.79 Å². The van der Waals surface area contributed by atoms with E-state index in [1.165, 1.54) is 30.5 Å².